The molecule has 144 valence electrons. The SMILES string of the molecule is O=C(Nc1cc2cc(-c3cncs3)cnc2cn1)C1CCN(C2COC2)CC1. The molecule has 3 aromatic heterocycles. The minimum atomic E-state index is 0.0383. The van der Waals surface area contributed by atoms with Crippen molar-refractivity contribution >= 4 is 34.0 Å². The Labute approximate surface area is 166 Å². The van der Waals surface area contributed by atoms with Crippen LogP contribution in [0.25, 0.3) is 21.3 Å². The van der Waals surface area contributed by atoms with Crippen molar-refractivity contribution in [3.05, 3.63) is 36.2 Å². The number of rotatable bonds is 4. The molecule has 1 N–H and O–H groups in total. The van der Waals surface area contributed by atoms with Crippen LogP contribution in [-0.2, 0) is 9.53 Å². The summed E-state index contributed by atoms with van der Waals surface area (Å²) in [4.78, 5) is 29.2. The number of hydrogen-bond donors (Lipinski definition) is 1. The van der Waals surface area contributed by atoms with Gasteiger partial charge in [0.05, 0.1) is 41.4 Å². The molecule has 7 nitrogen and oxygen atoms in total. The Bertz CT molecular complexity index is 981. The summed E-state index contributed by atoms with van der Waals surface area (Å²) in [5.74, 6) is 0.676. The molecule has 0 spiro atoms. The van der Waals surface area contributed by atoms with Crippen LogP contribution in [-0.4, -0.2) is 58.1 Å². The van der Waals surface area contributed by atoms with Crippen LogP contribution in [0.3, 0.4) is 0 Å². The highest BCUT2D eigenvalue weighted by atomic mass is 32.1. The van der Waals surface area contributed by atoms with Gasteiger partial charge in [-0.05, 0) is 38.1 Å². The van der Waals surface area contributed by atoms with Crippen molar-refractivity contribution in [2.45, 2.75) is 18.9 Å². The van der Waals surface area contributed by atoms with Gasteiger partial charge in [0.15, 0.2) is 0 Å². The predicted octanol–water partition coefficient (Wildman–Crippen LogP) is 2.80. The summed E-state index contributed by atoms with van der Waals surface area (Å²) >= 11 is 1.58. The van der Waals surface area contributed by atoms with E-state index in [1.165, 1.54) is 0 Å². The third kappa shape index (κ3) is 3.50. The van der Waals surface area contributed by atoms with E-state index in [4.69, 9.17) is 4.74 Å². The summed E-state index contributed by atoms with van der Waals surface area (Å²) in [6.07, 6.45) is 7.14. The molecule has 2 aliphatic heterocycles. The summed E-state index contributed by atoms with van der Waals surface area (Å²) < 4.78 is 5.27. The number of nitrogens with one attached hydrogen (secondary N) is 1. The molecule has 5 rings (SSSR count). The first-order valence-electron chi connectivity index (χ1n) is 9.53. The summed E-state index contributed by atoms with van der Waals surface area (Å²) in [6, 6.07) is 4.50. The molecule has 2 aliphatic rings. The average Bonchev–Trinajstić information content (AvgIpc) is 3.21. The van der Waals surface area contributed by atoms with Gasteiger partial charge in [0.2, 0.25) is 5.91 Å². The first-order valence-corrected chi connectivity index (χ1v) is 10.4. The molecular weight excluding hydrogens is 374 g/mol. The van der Waals surface area contributed by atoms with Crippen LogP contribution in [0.2, 0.25) is 0 Å². The van der Waals surface area contributed by atoms with Crippen molar-refractivity contribution in [2.24, 2.45) is 5.92 Å². The molecule has 3 aromatic rings. The van der Waals surface area contributed by atoms with Crippen LogP contribution in [0.5, 0.6) is 0 Å². The van der Waals surface area contributed by atoms with Crippen LogP contribution < -0.4 is 5.32 Å². The molecule has 0 unspecified atom stereocenters. The average molecular weight is 395 g/mol. The summed E-state index contributed by atoms with van der Waals surface area (Å²) in [5, 5.41) is 3.95. The van der Waals surface area contributed by atoms with Crippen LogP contribution in [0.1, 0.15) is 12.8 Å². The standard InChI is InChI=1S/C20H21N5O2S/c26-20(13-1-3-25(4-2-13)16-10-27-11-16)24-19-6-14-5-15(18-9-21-12-28-18)7-22-17(14)8-23-19/h5-9,12-13,16H,1-4,10-11H2,(H,23,24,26). The van der Waals surface area contributed by atoms with E-state index in [2.05, 4.69) is 31.2 Å². The first-order chi connectivity index (χ1) is 13.8. The number of thiazole rings is 1. The minimum Gasteiger partial charge on any atom is -0.378 e. The van der Waals surface area contributed by atoms with Gasteiger partial charge in [0.25, 0.3) is 0 Å². The number of carbonyl (C=O) groups excluding carboxylic acids is 1. The zero-order valence-electron chi connectivity index (χ0n) is 15.4. The van der Waals surface area contributed by atoms with Crippen molar-refractivity contribution in [1.82, 2.24) is 19.9 Å². The fraction of sp³-hybridized carbons (Fsp3) is 0.400. The molecular formula is C20H21N5O2S. The molecule has 2 fully saturated rings. The maximum atomic E-state index is 12.7. The lowest BCUT2D eigenvalue weighted by Gasteiger charge is -2.41. The highest BCUT2D eigenvalue weighted by molar-refractivity contribution is 7.13. The first kappa shape index (κ1) is 17.7. The molecule has 0 aliphatic carbocycles. The van der Waals surface area contributed by atoms with Crippen molar-refractivity contribution in [3.8, 4) is 10.4 Å². The quantitative estimate of drug-likeness (QED) is 0.732. The number of nitrogens with zero attached hydrogens (tertiary/aromatic N) is 4. The number of carbonyl (C=O) groups is 1. The predicted molar refractivity (Wildman–Crippen MR) is 108 cm³/mol. The number of hydrogen-bond acceptors (Lipinski definition) is 7. The van der Waals surface area contributed by atoms with E-state index in [1.54, 1.807) is 23.0 Å². The maximum absolute atomic E-state index is 12.7. The second-order valence-corrected chi connectivity index (χ2v) is 8.23. The topological polar surface area (TPSA) is 80.2 Å². The van der Waals surface area contributed by atoms with Crippen molar-refractivity contribution in [2.75, 3.05) is 31.6 Å². The van der Waals surface area contributed by atoms with Gasteiger partial charge >= 0.3 is 0 Å². The smallest absolute Gasteiger partial charge is 0.228 e. The van der Waals surface area contributed by atoms with Crippen LogP contribution >= 0.6 is 11.3 Å². The molecule has 1 amide bonds. The van der Waals surface area contributed by atoms with Gasteiger partial charge in [-0.25, -0.2) is 4.98 Å². The Morgan fingerprint density at radius 1 is 1.14 bits per heavy atom. The van der Waals surface area contributed by atoms with Crippen molar-refractivity contribution in [3.63, 3.8) is 0 Å². The van der Waals surface area contributed by atoms with E-state index in [1.807, 2.05) is 18.5 Å². The van der Waals surface area contributed by atoms with E-state index in [-0.39, 0.29) is 11.8 Å². The van der Waals surface area contributed by atoms with Gasteiger partial charge in [-0.15, -0.1) is 11.3 Å². The lowest BCUT2D eigenvalue weighted by Crippen LogP contribution is -2.52. The van der Waals surface area contributed by atoms with Gasteiger partial charge in [-0.2, -0.15) is 0 Å². The molecule has 0 saturated carbocycles. The van der Waals surface area contributed by atoms with Crippen LogP contribution in [0.4, 0.5) is 5.82 Å². The number of aromatic nitrogens is 3. The highest BCUT2D eigenvalue weighted by Gasteiger charge is 2.32. The number of likely N-dealkylation sites (tertiary alicyclic amines) is 1. The zero-order chi connectivity index (χ0) is 18.9. The monoisotopic (exact) mass is 395 g/mol. The maximum Gasteiger partial charge on any atom is 0.228 e. The van der Waals surface area contributed by atoms with E-state index < -0.39 is 0 Å². The number of ether oxygens (including phenoxy) is 1. The molecule has 2 saturated heterocycles. The summed E-state index contributed by atoms with van der Waals surface area (Å²) in [6.45, 7) is 3.57. The van der Waals surface area contributed by atoms with Crippen LogP contribution in [0, 0.1) is 5.92 Å². The van der Waals surface area contributed by atoms with Crippen molar-refractivity contribution in [1.29, 1.82) is 0 Å². The number of piperidine rings is 1. The van der Waals surface area contributed by atoms with E-state index in [9.17, 15) is 4.79 Å². The third-order valence-electron chi connectivity index (χ3n) is 5.57. The third-order valence-corrected chi connectivity index (χ3v) is 6.40. The molecule has 28 heavy (non-hydrogen) atoms. The van der Waals surface area contributed by atoms with E-state index >= 15 is 0 Å². The molecule has 0 bridgehead atoms. The normalized spacial score (nSPS) is 18.9. The van der Waals surface area contributed by atoms with E-state index in [0.717, 1.165) is 60.5 Å². The molecule has 5 heterocycles. The minimum absolute atomic E-state index is 0.0383. The Hall–Kier alpha value is -2.42. The Morgan fingerprint density at radius 2 is 2.00 bits per heavy atom. The van der Waals surface area contributed by atoms with Gasteiger partial charge in [0, 0.05) is 29.3 Å². The lowest BCUT2D eigenvalue weighted by molar-refractivity contribution is -0.123. The molecule has 0 aromatic carbocycles. The summed E-state index contributed by atoms with van der Waals surface area (Å²) in [5.41, 5.74) is 3.63. The van der Waals surface area contributed by atoms with E-state index in [0.29, 0.717) is 11.9 Å². The number of pyridine rings is 2. The Kier molecular flexibility index (Phi) is 4.76. The highest BCUT2D eigenvalue weighted by Crippen LogP contribution is 2.27. The zero-order valence-corrected chi connectivity index (χ0v) is 16.2. The fourth-order valence-electron chi connectivity index (χ4n) is 3.78. The Balaban J connectivity index is 1.27. The van der Waals surface area contributed by atoms with Gasteiger partial charge in [-0.3, -0.25) is 19.7 Å². The number of amides is 1. The molecule has 0 radical (unpaired) electrons. The molecule has 0 atom stereocenters. The Morgan fingerprint density at radius 3 is 2.71 bits per heavy atom. The van der Waals surface area contributed by atoms with Crippen LogP contribution in [0.15, 0.2) is 36.2 Å². The van der Waals surface area contributed by atoms with Gasteiger partial charge < -0.3 is 10.1 Å². The number of anilines is 1. The van der Waals surface area contributed by atoms with Crippen molar-refractivity contribution < 1.29 is 9.53 Å². The second-order valence-electron chi connectivity index (χ2n) is 7.34. The van der Waals surface area contributed by atoms with Gasteiger partial charge in [0.1, 0.15) is 5.82 Å². The van der Waals surface area contributed by atoms with Gasteiger partial charge in [-0.1, -0.05) is 0 Å². The molecule has 8 heteroatoms. The lowest BCUT2D eigenvalue weighted by atomic mass is 9.94. The largest absolute Gasteiger partial charge is 0.378 e. The number of fused-ring (bicyclic) bond motifs is 1. The second kappa shape index (κ2) is 7.54. The summed E-state index contributed by atoms with van der Waals surface area (Å²) in [7, 11) is 0. The fourth-order valence-corrected chi connectivity index (χ4v) is 4.39.